The summed E-state index contributed by atoms with van der Waals surface area (Å²) in [7, 11) is 3.83. The molecule has 0 aliphatic carbocycles. The van der Waals surface area contributed by atoms with Crippen LogP contribution in [-0.2, 0) is 0 Å². The van der Waals surface area contributed by atoms with Crippen LogP contribution < -0.4 is 15.0 Å². The van der Waals surface area contributed by atoms with Crippen LogP contribution in [0.25, 0.3) is 0 Å². The van der Waals surface area contributed by atoms with Crippen molar-refractivity contribution in [3.05, 3.63) is 24.3 Å². The summed E-state index contributed by atoms with van der Waals surface area (Å²) in [5, 5.41) is 3.47. The third-order valence-electron chi connectivity index (χ3n) is 2.95. The highest BCUT2D eigenvalue weighted by Gasteiger charge is 2.08. The van der Waals surface area contributed by atoms with Gasteiger partial charge in [0.05, 0.1) is 7.11 Å². The fourth-order valence-corrected chi connectivity index (χ4v) is 1.92. The topological polar surface area (TPSA) is 24.5 Å². The molecule has 1 aromatic rings. The minimum absolute atomic E-state index is 0.551. The van der Waals surface area contributed by atoms with E-state index in [2.05, 4.69) is 50.2 Å². The Labute approximate surface area is 111 Å². The van der Waals surface area contributed by atoms with Crippen molar-refractivity contribution in [2.24, 2.45) is 5.92 Å². The molecule has 18 heavy (non-hydrogen) atoms. The maximum absolute atomic E-state index is 5.25. The van der Waals surface area contributed by atoms with Crippen molar-refractivity contribution in [2.75, 3.05) is 32.1 Å². The number of nitrogens with one attached hydrogen (secondary N) is 1. The molecule has 0 saturated carbocycles. The summed E-state index contributed by atoms with van der Waals surface area (Å²) in [6.45, 7) is 8.71. The summed E-state index contributed by atoms with van der Waals surface area (Å²) < 4.78 is 5.25. The maximum atomic E-state index is 5.25. The number of hydrogen-bond donors (Lipinski definition) is 1. The number of methoxy groups -OCH3 is 1. The van der Waals surface area contributed by atoms with Gasteiger partial charge in [0, 0.05) is 31.4 Å². The molecule has 0 fully saturated rings. The van der Waals surface area contributed by atoms with E-state index in [-0.39, 0.29) is 0 Å². The quantitative estimate of drug-likeness (QED) is 0.805. The summed E-state index contributed by atoms with van der Waals surface area (Å²) in [5.41, 5.74) is 1.20. The Morgan fingerprint density at radius 3 is 2.61 bits per heavy atom. The largest absolute Gasteiger partial charge is 0.497 e. The van der Waals surface area contributed by atoms with Crippen LogP contribution in [0.1, 0.15) is 20.8 Å². The van der Waals surface area contributed by atoms with Gasteiger partial charge in [0.1, 0.15) is 5.75 Å². The Morgan fingerprint density at radius 2 is 2.00 bits per heavy atom. The lowest BCUT2D eigenvalue weighted by Gasteiger charge is -2.24. The van der Waals surface area contributed by atoms with Crippen LogP contribution in [0.3, 0.4) is 0 Å². The Kier molecular flexibility index (Phi) is 5.99. The van der Waals surface area contributed by atoms with E-state index in [0.717, 1.165) is 18.8 Å². The Balaban J connectivity index is 2.50. The van der Waals surface area contributed by atoms with Gasteiger partial charge in [0.2, 0.25) is 0 Å². The average Bonchev–Trinajstić information content (AvgIpc) is 2.36. The second-order valence-electron chi connectivity index (χ2n) is 5.25. The van der Waals surface area contributed by atoms with Gasteiger partial charge < -0.3 is 15.0 Å². The monoisotopic (exact) mass is 250 g/mol. The third-order valence-corrected chi connectivity index (χ3v) is 2.95. The normalized spacial score (nSPS) is 12.6. The van der Waals surface area contributed by atoms with E-state index >= 15 is 0 Å². The van der Waals surface area contributed by atoms with Crippen LogP contribution in [0.2, 0.25) is 0 Å². The van der Waals surface area contributed by atoms with Crippen molar-refractivity contribution in [1.82, 2.24) is 5.32 Å². The fraction of sp³-hybridized carbons (Fsp3) is 0.600. The lowest BCUT2D eigenvalue weighted by molar-refractivity contribution is 0.414. The van der Waals surface area contributed by atoms with Crippen LogP contribution >= 0.6 is 0 Å². The fourth-order valence-electron chi connectivity index (χ4n) is 1.92. The molecule has 1 N–H and O–H groups in total. The second kappa shape index (κ2) is 7.27. The van der Waals surface area contributed by atoms with Gasteiger partial charge in [-0.05, 0) is 24.6 Å². The lowest BCUT2D eigenvalue weighted by Crippen LogP contribution is -2.33. The summed E-state index contributed by atoms with van der Waals surface area (Å²) in [4.78, 5) is 2.27. The molecule has 102 valence electrons. The molecule has 1 rings (SSSR count). The van der Waals surface area contributed by atoms with Gasteiger partial charge in [-0.1, -0.05) is 26.8 Å². The molecule has 0 heterocycles. The molecule has 0 saturated heterocycles. The van der Waals surface area contributed by atoms with Crippen molar-refractivity contribution in [3.8, 4) is 5.75 Å². The van der Waals surface area contributed by atoms with E-state index in [9.17, 15) is 0 Å². The number of hydrogen-bond acceptors (Lipinski definition) is 3. The van der Waals surface area contributed by atoms with Gasteiger partial charge in [0.15, 0.2) is 0 Å². The van der Waals surface area contributed by atoms with E-state index in [1.54, 1.807) is 7.11 Å². The molecule has 0 spiro atoms. The Bertz CT molecular complexity index is 352. The average molecular weight is 250 g/mol. The van der Waals surface area contributed by atoms with E-state index in [4.69, 9.17) is 4.74 Å². The molecule has 1 unspecified atom stereocenters. The van der Waals surface area contributed by atoms with Crippen molar-refractivity contribution in [1.29, 1.82) is 0 Å². The van der Waals surface area contributed by atoms with Crippen molar-refractivity contribution in [3.63, 3.8) is 0 Å². The second-order valence-corrected chi connectivity index (χ2v) is 5.25. The van der Waals surface area contributed by atoms with Crippen LogP contribution in [0.5, 0.6) is 5.75 Å². The number of rotatable bonds is 7. The first-order valence-electron chi connectivity index (χ1n) is 6.61. The molecule has 0 bridgehead atoms. The van der Waals surface area contributed by atoms with Crippen LogP contribution in [0.4, 0.5) is 5.69 Å². The summed E-state index contributed by atoms with van der Waals surface area (Å²) in [6.07, 6.45) is 0. The van der Waals surface area contributed by atoms with Gasteiger partial charge in [-0.15, -0.1) is 0 Å². The summed E-state index contributed by atoms with van der Waals surface area (Å²) >= 11 is 0. The predicted molar refractivity (Wildman–Crippen MR) is 78.6 cm³/mol. The molecule has 3 nitrogen and oxygen atoms in total. The SMILES string of the molecule is COc1cccc(N(C)CC(C)CNC(C)C)c1. The molecule has 0 aromatic heterocycles. The first kappa shape index (κ1) is 14.8. The number of benzene rings is 1. The summed E-state index contributed by atoms with van der Waals surface area (Å²) in [6, 6.07) is 8.74. The summed E-state index contributed by atoms with van der Waals surface area (Å²) in [5.74, 6) is 1.52. The van der Waals surface area contributed by atoms with Crippen LogP contribution in [0, 0.1) is 5.92 Å². The molecule has 0 amide bonds. The molecule has 0 aliphatic rings. The van der Waals surface area contributed by atoms with Crippen LogP contribution in [-0.4, -0.2) is 33.3 Å². The predicted octanol–water partition coefficient (Wildman–Crippen LogP) is 2.77. The highest BCUT2D eigenvalue weighted by Crippen LogP contribution is 2.20. The number of nitrogens with zero attached hydrogens (tertiary/aromatic N) is 1. The molecule has 1 atom stereocenters. The van der Waals surface area contributed by atoms with Crippen LogP contribution in [0.15, 0.2) is 24.3 Å². The van der Waals surface area contributed by atoms with Crippen molar-refractivity contribution in [2.45, 2.75) is 26.8 Å². The highest BCUT2D eigenvalue weighted by molar-refractivity contribution is 5.50. The number of ether oxygens (including phenoxy) is 1. The van der Waals surface area contributed by atoms with Gasteiger partial charge in [-0.25, -0.2) is 0 Å². The standard InChI is InChI=1S/C15H26N2O/c1-12(2)16-10-13(3)11-17(4)14-7-6-8-15(9-14)18-5/h6-9,12-13,16H,10-11H2,1-5H3. The Hall–Kier alpha value is -1.22. The van der Waals surface area contributed by atoms with E-state index < -0.39 is 0 Å². The number of anilines is 1. The van der Waals surface area contributed by atoms with Gasteiger partial charge >= 0.3 is 0 Å². The van der Waals surface area contributed by atoms with E-state index in [1.165, 1.54) is 5.69 Å². The van der Waals surface area contributed by atoms with E-state index in [0.29, 0.717) is 12.0 Å². The van der Waals surface area contributed by atoms with Gasteiger partial charge in [-0.2, -0.15) is 0 Å². The van der Waals surface area contributed by atoms with Gasteiger partial charge in [0.25, 0.3) is 0 Å². The highest BCUT2D eigenvalue weighted by atomic mass is 16.5. The van der Waals surface area contributed by atoms with Crippen molar-refractivity contribution < 1.29 is 4.74 Å². The zero-order valence-corrected chi connectivity index (χ0v) is 12.2. The third kappa shape index (κ3) is 4.96. The molecule has 1 aromatic carbocycles. The van der Waals surface area contributed by atoms with Crippen molar-refractivity contribution >= 4 is 5.69 Å². The molecule has 3 heteroatoms. The minimum atomic E-state index is 0.551. The molecular weight excluding hydrogens is 224 g/mol. The zero-order chi connectivity index (χ0) is 13.5. The molecule has 0 aliphatic heterocycles. The lowest BCUT2D eigenvalue weighted by atomic mass is 10.1. The first-order valence-corrected chi connectivity index (χ1v) is 6.61. The zero-order valence-electron chi connectivity index (χ0n) is 12.2. The molecular formula is C15H26N2O. The smallest absolute Gasteiger partial charge is 0.120 e. The molecule has 0 radical (unpaired) electrons. The van der Waals surface area contributed by atoms with E-state index in [1.807, 2.05) is 12.1 Å². The minimum Gasteiger partial charge on any atom is -0.497 e. The Morgan fingerprint density at radius 1 is 1.28 bits per heavy atom. The van der Waals surface area contributed by atoms with Gasteiger partial charge in [-0.3, -0.25) is 0 Å². The first-order chi connectivity index (χ1) is 8.52. The maximum Gasteiger partial charge on any atom is 0.120 e.